The van der Waals surface area contributed by atoms with Gasteiger partial charge in [0.2, 0.25) is 10.0 Å². The number of amides is 1. The van der Waals surface area contributed by atoms with E-state index < -0.39 is 22.0 Å². The number of sulfonamides is 1. The highest BCUT2D eigenvalue weighted by Gasteiger charge is 2.38. The Balaban J connectivity index is 1.57. The van der Waals surface area contributed by atoms with Crippen LogP contribution >= 0.6 is 0 Å². The van der Waals surface area contributed by atoms with E-state index >= 15 is 0 Å². The highest BCUT2D eigenvalue weighted by molar-refractivity contribution is 7.89. The van der Waals surface area contributed by atoms with Crippen molar-refractivity contribution in [3.8, 4) is 5.75 Å². The van der Waals surface area contributed by atoms with E-state index in [0.717, 1.165) is 38.5 Å². The number of carbonyl (C=O) groups is 1. The third-order valence-electron chi connectivity index (χ3n) is 7.06. The van der Waals surface area contributed by atoms with E-state index in [1.807, 2.05) is 55.6 Å². The second-order valence-corrected chi connectivity index (χ2v) is 11.1. The number of hydrogen-bond donors (Lipinski definition) is 4. The third kappa shape index (κ3) is 3.96. The van der Waals surface area contributed by atoms with Gasteiger partial charge >= 0.3 is 0 Å². The lowest BCUT2D eigenvalue weighted by Crippen LogP contribution is -2.45. The maximum Gasteiger partial charge on any atom is 0.268 e. The fraction of sp³-hybridized carbons (Fsp3) is 0.179. The van der Waals surface area contributed by atoms with Gasteiger partial charge in [0, 0.05) is 40.5 Å². The number of fused-ring (bicyclic) bond motifs is 4. The quantitative estimate of drug-likeness (QED) is 0.281. The van der Waals surface area contributed by atoms with Crippen LogP contribution in [0.2, 0.25) is 0 Å². The molecular formula is C28H26N4O4S. The molecule has 188 valence electrons. The number of benzene rings is 3. The molecule has 8 nitrogen and oxygen atoms in total. The Bertz CT molecular complexity index is 1750. The Morgan fingerprint density at radius 1 is 0.973 bits per heavy atom. The first-order valence-corrected chi connectivity index (χ1v) is 13.5. The van der Waals surface area contributed by atoms with Gasteiger partial charge in [-0.15, -0.1) is 0 Å². The van der Waals surface area contributed by atoms with E-state index in [4.69, 9.17) is 4.74 Å². The van der Waals surface area contributed by atoms with Gasteiger partial charge in [0.05, 0.1) is 18.0 Å². The maximum atomic E-state index is 13.5. The van der Waals surface area contributed by atoms with Crippen LogP contribution in [0.15, 0.2) is 77.8 Å². The first kappa shape index (κ1) is 23.3. The average molecular weight is 515 g/mol. The van der Waals surface area contributed by atoms with Gasteiger partial charge in [-0.05, 0) is 54.4 Å². The molecule has 9 heteroatoms. The Hall–Kier alpha value is -4.08. The van der Waals surface area contributed by atoms with Crippen LogP contribution in [-0.4, -0.2) is 44.0 Å². The predicted octanol–water partition coefficient (Wildman–Crippen LogP) is 4.19. The van der Waals surface area contributed by atoms with Crippen molar-refractivity contribution in [2.75, 3.05) is 13.7 Å². The van der Waals surface area contributed by atoms with Gasteiger partial charge in [-0.1, -0.05) is 35.9 Å². The zero-order chi connectivity index (χ0) is 25.7. The number of nitrogens with one attached hydrogen (secondary N) is 4. The van der Waals surface area contributed by atoms with Crippen molar-refractivity contribution in [3.05, 3.63) is 95.3 Å². The number of carbonyl (C=O) groups excluding carboxylic acids is 1. The first-order valence-electron chi connectivity index (χ1n) is 12.0. The molecule has 0 unspecified atom stereocenters. The molecule has 0 bridgehead atoms. The molecule has 0 aliphatic carbocycles. The second-order valence-electron chi connectivity index (χ2n) is 9.34. The Morgan fingerprint density at radius 2 is 1.76 bits per heavy atom. The van der Waals surface area contributed by atoms with E-state index in [-0.39, 0.29) is 17.3 Å². The van der Waals surface area contributed by atoms with Crippen molar-refractivity contribution in [3.63, 3.8) is 0 Å². The Labute approximate surface area is 214 Å². The molecule has 2 atom stereocenters. The van der Waals surface area contributed by atoms with Crippen molar-refractivity contribution in [2.24, 2.45) is 0 Å². The van der Waals surface area contributed by atoms with Crippen LogP contribution < -0.4 is 14.8 Å². The topological polar surface area (TPSA) is 116 Å². The monoisotopic (exact) mass is 514 g/mol. The van der Waals surface area contributed by atoms with Crippen LogP contribution in [0.3, 0.4) is 0 Å². The van der Waals surface area contributed by atoms with E-state index in [1.54, 1.807) is 31.4 Å². The van der Waals surface area contributed by atoms with Crippen LogP contribution in [0, 0.1) is 6.92 Å². The summed E-state index contributed by atoms with van der Waals surface area (Å²) in [5.41, 5.74) is 4.72. The molecule has 3 heterocycles. The summed E-state index contributed by atoms with van der Waals surface area (Å²) < 4.78 is 35.5. The predicted molar refractivity (Wildman–Crippen MR) is 143 cm³/mol. The standard InChI is InChI=1S/C28H26N4O4S/c1-16-7-10-18(11-8-16)37(34,35)32-24-15-30-28(33)27-26(19-5-3-4-6-23(19)31-27)25(24)21-14-29-22-12-9-17(36-2)13-20(21)22/h3-14,24-25,29,31-32H,15H2,1-2H3,(H,30,33)/t24-,25+/m1/s1. The van der Waals surface area contributed by atoms with Crippen molar-refractivity contribution < 1.29 is 17.9 Å². The number of hydrogen-bond acceptors (Lipinski definition) is 4. The summed E-state index contributed by atoms with van der Waals surface area (Å²) in [7, 11) is -2.28. The Morgan fingerprint density at radius 3 is 2.54 bits per heavy atom. The molecule has 5 aromatic rings. The van der Waals surface area contributed by atoms with Crippen molar-refractivity contribution in [2.45, 2.75) is 23.8 Å². The van der Waals surface area contributed by atoms with Crippen molar-refractivity contribution in [1.82, 2.24) is 20.0 Å². The lowest BCUT2D eigenvalue weighted by atomic mass is 9.84. The number of H-pyrrole nitrogens is 2. The molecule has 0 fully saturated rings. The van der Waals surface area contributed by atoms with Gasteiger partial charge in [0.25, 0.3) is 5.91 Å². The summed E-state index contributed by atoms with van der Waals surface area (Å²) in [5.74, 6) is -0.0658. The van der Waals surface area contributed by atoms with Crippen LogP contribution in [0.25, 0.3) is 21.8 Å². The summed E-state index contributed by atoms with van der Waals surface area (Å²) in [6.45, 7) is 2.02. The lowest BCUT2D eigenvalue weighted by molar-refractivity contribution is 0.0950. The molecule has 3 aromatic carbocycles. The van der Waals surface area contributed by atoms with Gasteiger partial charge in [0.15, 0.2) is 0 Å². The minimum atomic E-state index is -3.89. The van der Waals surface area contributed by atoms with Gasteiger partial charge in [-0.3, -0.25) is 4.79 Å². The van der Waals surface area contributed by atoms with Crippen molar-refractivity contribution >= 4 is 37.7 Å². The lowest BCUT2D eigenvalue weighted by Gasteiger charge is -2.27. The van der Waals surface area contributed by atoms with E-state index in [0.29, 0.717) is 11.4 Å². The fourth-order valence-corrected chi connectivity index (χ4v) is 6.50. The Kier molecular flexibility index (Phi) is 5.54. The average Bonchev–Trinajstić information content (AvgIpc) is 3.46. The summed E-state index contributed by atoms with van der Waals surface area (Å²) in [5, 5.41) is 4.69. The van der Waals surface area contributed by atoms with E-state index in [9.17, 15) is 13.2 Å². The normalized spacial score (nSPS) is 17.9. The molecule has 4 N–H and O–H groups in total. The number of rotatable bonds is 5. The SMILES string of the molecule is COc1ccc2[nH]cc([C@@H]3c4c([nH]c5ccccc45)C(=O)NC[C@H]3NS(=O)(=O)c3ccc(C)cc3)c2c1. The molecule has 37 heavy (non-hydrogen) atoms. The number of methoxy groups -OCH3 is 1. The number of para-hydroxylation sites is 1. The highest BCUT2D eigenvalue weighted by Crippen LogP contribution is 2.41. The number of aromatic nitrogens is 2. The number of ether oxygens (including phenoxy) is 1. The largest absolute Gasteiger partial charge is 0.497 e. The van der Waals surface area contributed by atoms with Crippen LogP contribution in [0.1, 0.15) is 33.1 Å². The van der Waals surface area contributed by atoms with Gasteiger partial charge in [-0.25, -0.2) is 13.1 Å². The summed E-state index contributed by atoms with van der Waals surface area (Å²) >= 11 is 0. The molecule has 0 radical (unpaired) electrons. The van der Waals surface area contributed by atoms with Crippen LogP contribution in [0.4, 0.5) is 0 Å². The zero-order valence-corrected chi connectivity index (χ0v) is 21.1. The molecule has 2 aromatic heterocycles. The van der Waals surface area contributed by atoms with E-state index in [2.05, 4.69) is 20.0 Å². The smallest absolute Gasteiger partial charge is 0.268 e. The molecule has 1 amide bonds. The van der Waals surface area contributed by atoms with Crippen molar-refractivity contribution in [1.29, 1.82) is 0 Å². The third-order valence-corrected chi connectivity index (χ3v) is 8.57. The minimum absolute atomic E-state index is 0.113. The summed E-state index contributed by atoms with van der Waals surface area (Å²) in [6, 6.07) is 19.5. The highest BCUT2D eigenvalue weighted by atomic mass is 32.2. The molecular weight excluding hydrogens is 488 g/mol. The van der Waals surface area contributed by atoms with E-state index in [1.165, 1.54) is 0 Å². The van der Waals surface area contributed by atoms with Gasteiger partial charge in [0.1, 0.15) is 11.4 Å². The maximum absolute atomic E-state index is 13.5. The fourth-order valence-electron chi connectivity index (χ4n) is 5.25. The molecule has 1 aliphatic heterocycles. The van der Waals surface area contributed by atoms with Crippen LogP contribution in [0.5, 0.6) is 5.75 Å². The minimum Gasteiger partial charge on any atom is -0.497 e. The molecule has 1 aliphatic rings. The first-order chi connectivity index (χ1) is 17.9. The number of aromatic amines is 2. The molecule has 0 saturated heterocycles. The van der Waals surface area contributed by atoms with Gasteiger partial charge < -0.3 is 20.0 Å². The summed E-state index contributed by atoms with van der Waals surface area (Å²) in [4.78, 5) is 20.0. The van der Waals surface area contributed by atoms with Gasteiger partial charge in [-0.2, -0.15) is 0 Å². The summed E-state index contributed by atoms with van der Waals surface area (Å²) in [6.07, 6.45) is 1.89. The molecule has 0 spiro atoms. The zero-order valence-electron chi connectivity index (χ0n) is 20.3. The molecule has 6 rings (SSSR count). The van der Waals surface area contributed by atoms with Crippen LogP contribution in [-0.2, 0) is 10.0 Å². The molecule has 0 saturated carbocycles. The second kappa shape index (κ2) is 8.79. The number of aryl methyl sites for hydroxylation is 1.